The lowest BCUT2D eigenvalue weighted by atomic mass is 10.0. The molecule has 0 saturated heterocycles. The van der Waals surface area contributed by atoms with Crippen molar-refractivity contribution in [2.75, 3.05) is 7.11 Å². The van der Waals surface area contributed by atoms with Crippen LogP contribution in [0.25, 0.3) is 32.4 Å². The molecule has 4 rings (SSSR count). The van der Waals surface area contributed by atoms with E-state index in [1.165, 1.54) is 11.8 Å². The van der Waals surface area contributed by atoms with Crippen LogP contribution in [0, 0.1) is 0 Å². The molecule has 0 aliphatic rings. The maximum atomic E-state index is 12.7. The molecule has 0 spiro atoms. The van der Waals surface area contributed by atoms with Gasteiger partial charge < -0.3 is 4.84 Å². The summed E-state index contributed by atoms with van der Waals surface area (Å²) >= 11 is 0. The van der Waals surface area contributed by atoms with Gasteiger partial charge in [0.1, 0.15) is 7.11 Å². The van der Waals surface area contributed by atoms with Gasteiger partial charge in [0.2, 0.25) is 0 Å². The number of benzene rings is 3. The van der Waals surface area contributed by atoms with Crippen molar-refractivity contribution in [2.24, 2.45) is 0 Å². The van der Waals surface area contributed by atoms with Gasteiger partial charge in [-0.25, -0.2) is 0 Å². The summed E-state index contributed by atoms with van der Waals surface area (Å²) in [6.07, 6.45) is 0. The van der Waals surface area contributed by atoms with Gasteiger partial charge in [-0.3, -0.25) is 4.79 Å². The maximum absolute atomic E-state index is 12.7. The third-order valence-electron chi connectivity index (χ3n) is 3.92. The van der Waals surface area contributed by atoms with Crippen LogP contribution >= 0.6 is 0 Å². The summed E-state index contributed by atoms with van der Waals surface area (Å²) in [6, 6.07) is 19.8. The number of rotatable bonds is 1. The molecule has 0 amide bonds. The van der Waals surface area contributed by atoms with Crippen molar-refractivity contribution in [1.82, 2.24) is 4.73 Å². The van der Waals surface area contributed by atoms with E-state index in [1.54, 1.807) is 0 Å². The molecule has 0 radical (unpaired) electrons. The quantitative estimate of drug-likeness (QED) is 0.499. The molecule has 3 nitrogen and oxygen atoms in total. The van der Waals surface area contributed by atoms with Crippen LogP contribution in [-0.4, -0.2) is 11.8 Å². The molecule has 0 bridgehead atoms. The summed E-state index contributed by atoms with van der Waals surface area (Å²) in [6.45, 7) is 0. The van der Waals surface area contributed by atoms with Crippen LogP contribution < -0.4 is 10.4 Å². The molecule has 0 atom stereocenters. The summed E-state index contributed by atoms with van der Waals surface area (Å²) in [5.41, 5.74) is 0.691. The summed E-state index contributed by atoms with van der Waals surface area (Å²) in [5.74, 6) is 0. The Morgan fingerprint density at radius 1 is 0.762 bits per heavy atom. The average molecular weight is 275 g/mol. The number of fused-ring (bicyclic) bond motifs is 5. The van der Waals surface area contributed by atoms with Gasteiger partial charge in [0, 0.05) is 10.8 Å². The van der Waals surface area contributed by atoms with Gasteiger partial charge >= 0.3 is 0 Å². The standard InChI is InChI=1S/C18H13NO2/c1-21-19-17-13-7-3-2-6-12(13)10-11-15(17)14-8-4-5-9-16(14)18(19)20/h2-11H,1H3. The predicted octanol–water partition coefficient (Wildman–Crippen LogP) is 3.37. The van der Waals surface area contributed by atoms with Gasteiger partial charge in [-0.1, -0.05) is 54.6 Å². The van der Waals surface area contributed by atoms with E-state index in [9.17, 15) is 4.79 Å². The summed E-state index contributed by atoms with van der Waals surface area (Å²) in [5, 5.41) is 4.75. The van der Waals surface area contributed by atoms with Gasteiger partial charge in [0.25, 0.3) is 5.56 Å². The molecule has 0 N–H and O–H groups in total. The molecule has 0 fully saturated rings. The van der Waals surface area contributed by atoms with Gasteiger partial charge in [-0.15, -0.1) is 4.73 Å². The van der Waals surface area contributed by atoms with Crippen LogP contribution in [0.3, 0.4) is 0 Å². The maximum Gasteiger partial charge on any atom is 0.291 e. The van der Waals surface area contributed by atoms with Crippen LogP contribution in [-0.2, 0) is 0 Å². The van der Waals surface area contributed by atoms with E-state index in [4.69, 9.17) is 4.84 Å². The van der Waals surface area contributed by atoms with E-state index in [0.29, 0.717) is 5.39 Å². The molecular weight excluding hydrogens is 262 g/mol. The Bertz CT molecular complexity index is 1050. The minimum atomic E-state index is -0.128. The lowest BCUT2D eigenvalue weighted by Gasteiger charge is -2.13. The molecule has 3 heteroatoms. The second-order valence-electron chi connectivity index (χ2n) is 5.01. The summed E-state index contributed by atoms with van der Waals surface area (Å²) in [7, 11) is 1.53. The van der Waals surface area contributed by atoms with Crippen molar-refractivity contribution in [1.29, 1.82) is 0 Å². The number of aromatic nitrogens is 1. The van der Waals surface area contributed by atoms with Gasteiger partial charge in [0.05, 0.1) is 10.9 Å². The topological polar surface area (TPSA) is 31.2 Å². The fraction of sp³-hybridized carbons (Fsp3) is 0.0556. The first-order valence-corrected chi connectivity index (χ1v) is 6.81. The first-order chi connectivity index (χ1) is 10.3. The van der Waals surface area contributed by atoms with Crippen molar-refractivity contribution < 1.29 is 4.84 Å². The van der Waals surface area contributed by atoms with Gasteiger partial charge in [-0.05, 0) is 16.8 Å². The second-order valence-corrected chi connectivity index (χ2v) is 5.01. The fourth-order valence-electron chi connectivity index (χ4n) is 2.98. The first-order valence-electron chi connectivity index (χ1n) is 6.81. The highest BCUT2D eigenvalue weighted by Gasteiger charge is 2.13. The van der Waals surface area contributed by atoms with Crippen molar-refractivity contribution in [2.45, 2.75) is 0 Å². The Hall–Kier alpha value is -2.81. The van der Waals surface area contributed by atoms with Crippen LogP contribution in [0.1, 0.15) is 0 Å². The van der Waals surface area contributed by atoms with E-state index in [0.717, 1.165) is 27.1 Å². The van der Waals surface area contributed by atoms with Crippen LogP contribution in [0.5, 0.6) is 0 Å². The fourth-order valence-corrected chi connectivity index (χ4v) is 2.98. The third-order valence-corrected chi connectivity index (χ3v) is 3.92. The highest BCUT2D eigenvalue weighted by atomic mass is 16.6. The van der Waals surface area contributed by atoms with Crippen molar-refractivity contribution in [3.05, 3.63) is 71.0 Å². The highest BCUT2D eigenvalue weighted by molar-refractivity contribution is 6.15. The Balaban J connectivity index is 2.41. The molecule has 0 saturated carbocycles. The average Bonchev–Trinajstić information content (AvgIpc) is 2.55. The number of nitrogens with zero attached hydrogens (tertiary/aromatic N) is 1. The zero-order chi connectivity index (χ0) is 14.4. The number of hydrogen-bond acceptors (Lipinski definition) is 2. The normalized spacial score (nSPS) is 11.3. The Morgan fingerprint density at radius 2 is 1.43 bits per heavy atom. The lowest BCUT2D eigenvalue weighted by molar-refractivity contribution is 0.171. The molecule has 1 heterocycles. The van der Waals surface area contributed by atoms with E-state index < -0.39 is 0 Å². The molecule has 21 heavy (non-hydrogen) atoms. The molecule has 4 aromatic rings. The second kappa shape index (κ2) is 4.35. The lowest BCUT2D eigenvalue weighted by Crippen LogP contribution is -2.25. The Morgan fingerprint density at radius 3 is 2.19 bits per heavy atom. The third kappa shape index (κ3) is 1.57. The number of pyridine rings is 1. The summed E-state index contributed by atoms with van der Waals surface area (Å²) in [4.78, 5) is 18.0. The minimum Gasteiger partial charge on any atom is -0.413 e. The zero-order valence-electron chi connectivity index (χ0n) is 11.5. The van der Waals surface area contributed by atoms with Crippen LogP contribution in [0.4, 0.5) is 0 Å². The van der Waals surface area contributed by atoms with Crippen molar-refractivity contribution >= 4 is 32.4 Å². The van der Waals surface area contributed by atoms with Crippen LogP contribution in [0.15, 0.2) is 65.5 Å². The molecule has 3 aromatic carbocycles. The molecule has 0 aliphatic carbocycles. The smallest absolute Gasteiger partial charge is 0.291 e. The predicted molar refractivity (Wildman–Crippen MR) is 85.7 cm³/mol. The molecule has 0 aliphatic heterocycles. The minimum absolute atomic E-state index is 0.128. The van der Waals surface area contributed by atoms with E-state index in [-0.39, 0.29) is 5.56 Å². The van der Waals surface area contributed by atoms with E-state index in [1.807, 2.05) is 48.5 Å². The van der Waals surface area contributed by atoms with Crippen LogP contribution in [0.2, 0.25) is 0 Å². The molecular formula is C18H13NO2. The molecule has 1 aromatic heterocycles. The van der Waals surface area contributed by atoms with Crippen molar-refractivity contribution in [3.63, 3.8) is 0 Å². The first kappa shape index (κ1) is 12.0. The van der Waals surface area contributed by atoms with Gasteiger partial charge in [0.15, 0.2) is 0 Å². The number of hydrogen-bond donors (Lipinski definition) is 0. The van der Waals surface area contributed by atoms with E-state index in [2.05, 4.69) is 12.1 Å². The Labute approximate surface area is 121 Å². The molecule has 0 unspecified atom stereocenters. The summed E-state index contributed by atoms with van der Waals surface area (Å²) < 4.78 is 1.39. The highest BCUT2D eigenvalue weighted by Crippen LogP contribution is 2.28. The zero-order valence-corrected chi connectivity index (χ0v) is 11.5. The monoisotopic (exact) mass is 275 g/mol. The molecule has 102 valence electrons. The Kier molecular flexibility index (Phi) is 2.48. The SMILES string of the molecule is COn1c(=O)c2ccccc2c2ccc3ccccc3c21. The van der Waals surface area contributed by atoms with Crippen molar-refractivity contribution in [3.8, 4) is 0 Å². The van der Waals surface area contributed by atoms with Gasteiger partial charge in [-0.2, -0.15) is 0 Å². The van der Waals surface area contributed by atoms with E-state index >= 15 is 0 Å². The largest absolute Gasteiger partial charge is 0.413 e.